The first-order valence-corrected chi connectivity index (χ1v) is 7.99. The second-order valence-corrected chi connectivity index (χ2v) is 6.29. The second-order valence-electron chi connectivity index (χ2n) is 6.29. The predicted molar refractivity (Wildman–Crippen MR) is 84.8 cm³/mol. The molecule has 0 aromatic heterocycles. The number of carbonyl (C=O) groups excluding carboxylic acids is 1. The first kappa shape index (κ1) is 16.4. The lowest BCUT2D eigenvalue weighted by Gasteiger charge is -2.35. The van der Waals surface area contributed by atoms with Gasteiger partial charge in [0.05, 0.1) is 13.0 Å². The van der Waals surface area contributed by atoms with E-state index in [2.05, 4.69) is 0 Å². The van der Waals surface area contributed by atoms with Gasteiger partial charge in [-0.15, -0.1) is 0 Å². The maximum Gasteiger partial charge on any atom is 0.308 e. The Labute approximate surface area is 140 Å². The normalized spacial score (nSPS) is 22.8. The molecule has 0 aliphatic carbocycles. The van der Waals surface area contributed by atoms with Crippen LogP contribution < -0.4 is 14.2 Å². The van der Waals surface area contributed by atoms with Crippen LogP contribution in [0.2, 0.25) is 0 Å². The predicted octanol–water partition coefficient (Wildman–Crippen LogP) is 1.65. The number of hydrogen-bond acceptors (Lipinski definition) is 5. The molecule has 1 amide bonds. The molecule has 2 aliphatic heterocycles. The van der Waals surface area contributed by atoms with Crippen LogP contribution in [0.15, 0.2) is 12.1 Å². The van der Waals surface area contributed by atoms with Crippen molar-refractivity contribution in [3.8, 4) is 17.2 Å². The third-order valence-electron chi connectivity index (χ3n) is 4.37. The number of amides is 1. The zero-order valence-corrected chi connectivity index (χ0v) is 13.8. The fourth-order valence-corrected chi connectivity index (χ4v) is 3.28. The van der Waals surface area contributed by atoms with Gasteiger partial charge in [-0.2, -0.15) is 0 Å². The van der Waals surface area contributed by atoms with E-state index in [4.69, 9.17) is 14.2 Å². The number of carboxylic acids is 1. The molecule has 130 valence electrons. The highest BCUT2D eigenvalue weighted by Gasteiger charge is 2.33. The third-order valence-corrected chi connectivity index (χ3v) is 4.37. The van der Waals surface area contributed by atoms with Crippen LogP contribution in [0.5, 0.6) is 17.2 Å². The largest absolute Gasteiger partial charge is 0.493 e. The molecule has 1 saturated heterocycles. The fraction of sp³-hybridized carbons (Fsp3) is 0.529. The van der Waals surface area contributed by atoms with Crippen molar-refractivity contribution in [2.24, 2.45) is 11.8 Å². The Balaban J connectivity index is 1.88. The summed E-state index contributed by atoms with van der Waals surface area (Å²) in [6, 6.07) is 3.25. The summed E-state index contributed by atoms with van der Waals surface area (Å²) in [6.45, 7) is 3.56. The zero-order valence-electron chi connectivity index (χ0n) is 13.8. The van der Waals surface area contributed by atoms with Gasteiger partial charge in [0.2, 0.25) is 5.75 Å². The lowest BCUT2D eigenvalue weighted by Crippen LogP contribution is -2.45. The van der Waals surface area contributed by atoms with Crippen molar-refractivity contribution < 1.29 is 28.9 Å². The van der Waals surface area contributed by atoms with Gasteiger partial charge in [0, 0.05) is 18.7 Å². The lowest BCUT2D eigenvalue weighted by atomic mass is 9.90. The van der Waals surface area contributed by atoms with Crippen molar-refractivity contribution in [3.63, 3.8) is 0 Å². The number of carbonyl (C=O) groups is 2. The number of aliphatic carboxylic acids is 1. The molecule has 2 heterocycles. The Morgan fingerprint density at radius 3 is 2.71 bits per heavy atom. The van der Waals surface area contributed by atoms with Crippen LogP contribution in [0.25, 0.3) is 0 Å². The van der Waals surface area contributed by atoms with E-state index >= 15 is 0 Å². The summed E-state index contributed by atoms with van der Waals surface area (Å²) in [5, 5.41) is 9.27. The van der Waals surface area contributed by atoms with Gasteiger partial charge in [-0.25, -0.2) is 0 Å². The molecule has 3 rings (SSSR count). The average Bonchev–Trinajstić information content (AvgIpc) is 2.59. The van der Waals surface area contributed by atoms with Gasteiger partial charge >= 0.3 is 5.97 Å². The first-order valence-electron chi connectivity index (χ1n) is 7.99. The number of piperidine rings is 1. The Morgan fingerprint density at radius 2 is 2.00 bits per heavy atom. The maximum absolute atomic E-state index is 12.8. The molecule has 2 atom stereocenters. The molecule has 1 aromatic carbocycles. The molecular formula is C17H21NO6. The van der Waals surface area contributed by atoms with Crippen molar-refractivity contribution >= 4 is 11.9 Å². The van der Waals surface area contributed by atoms with E-state index in [0.29, 0.717) is 49.0 Å². The summed E-state index contributed by atoms with van der Waals surface area (Å²) in [7, 11) is 1.51. The van der Waals surface area contributed by atoms with E-state index in [1.165, 1.54) is 7.11 Å². The van der Waals surface area contributed by atoms with Crippen molar-refractivity contribution in [3.05, 3.63) is 17.7 Å². The van der Waals surface area contributed by atoms with E-state index in [0.717, 1.165) is 0 Å². The van der Waals surface area contributed by atoms with Crippen LogP contribution in [-0.2, 0) is 4.79 Å². The molecule has 0 bridgehead atoms. The molecule has 24 heavy (non-hydrogen) atoms. The SMILES string of the molecule is COc1cc(C(=O)N2CC(C)CC(C(=O)O)C2)cc2c1OCCO2. The van der Waals surface area contributed by atoms with Gasteiger partial charge in [0.1, 0.15) is 13.2 Å². The average molecular weight is 335 g/mol. The Kier molecular flexibility index (Phi) is 4.51. The smallest absolute Gasteiger partial charge is 0.308 e. The first-order chi connectivity index (χ1) is 11.5. The van der Waals surface area contributed by atoms with Crippen LogP contribution in [0, 0.1) is 11.8 Å². The van der Waals surface area contributed by atoms with E-state index in [-0.39, 0.29) is 18.4 Å². The number of likely N-dealkylation sites (tertiary alicyclic amines) is 1. The monoisotopic (exact) mass is 335 g/mol. The van der Waals surface area contributed by atoms with Crippen molar-refractivity contribution in [1.82, 2.24) is 4.90 Å². The topological polar surface area (TPSA) is 85.3 Å². The third kappa shape index (κ3) is 3.11. The quantitative estimate of drug-likeness (QED) is 0.904. The number of methoxy groups -OCH3 is 1. The minimum Gasteiger partial charge on any atom is -0.493 e. The fourth-order valence-electron chi connectivity index (χ4n) is 3.28. The summed E-state index contributed by atoms with van der Waals surface area (Å²) in [4.78, 5) is 25.7. The van der Waals surface area contributed by atoms with Crippen LogP contribution in [0.4, 0.5) is 0 Å². The van der Waals surface area contributed by atoms with E-state index in [1.807, 2.05) is 6.92 Å². The van der Waals surface area contributed by atoms with Gasteiger partial charge in [0.15, 0.2) is 11.5 Å². The minimum atomic E-state index is -0.862. The van der Waals surface area contributed by atoms with Crippen molar-refractivity contribution in [2.45, 2.75) is 13.3 Å². The molecule has 0 spiro atoms. The van der Waals surface area contributed by atoms with Crippen LogP contribution >= 0.6 is 0 Å². The summed E-state index contributed by atoms with van der Waals surface area (Å²) < 4.78 is 16.4. The number of carboxylic acid groups (broad SMARTS) is 1. The standard InChI is InChI=1S/C17H21NO6/c1-10-5-12(17(20)21)9-18(8-10)16(19)11-6-13(22-2)15-14(7-11)23-3-4-24-15/h6-7,10,12H,3-5,8-9H2,1-2H3,(H,20,21). The summed E-state index contributed by atoms with van der Waals surface area (Å²) in [5.41, 5.74) is 0.411. The van der Waals surface area contributed by atoms with Crippen LogP contribution in [0.1, 0.15) is 23.7 Å². The Morgan fingerprint density at radius 1 is 1.25 bits per heavy atom. The van der Waals surface area contributed by atoms with Gasteiger partial charge in [-0.3, -0.25) is 9.59 Å². The van der Waals surface area contributed by atoms with Gasteiger partial charge < -0.3 is 24.2 Å². The van der Waals surface area contributed by atoms with Gasteiger partial charge in [0.25, 0.3) is 5.91 Å². The number of ether oxygens (including phenoxy) is 3. The van der Waals surface area contributed by atoms with E-state index in [1.54, 1.807) is 17.0 Å². The molecule has 1 N–H and O–H groups in total. The second kappa shape index (κ2) is 6.59. The Hall–Kier alpha value is -2.44. The number of rotatable bonds is 3. The number of benzene rings is 1. The van der Waals surface area contributed by atoms with Gasteiger partial charge in [-0.05, 0) is 24.5 Å². The zero-order chi connectivity index (χ0) is 17.3. The summed E-state index contributed by atoms with van der Waals surface area (Å²) in [6.07, 6.45) is 0.587. The summed E-state index contributed by atoms with van der Waals surface area (Å²) in [5.74, 6) is -0.0585. The van der Waals surface area contributed by atoms with E-state index in [9.17, 15) is 14.7 Å². The van der Waals surface area contributed by atoms with Gasteiger partial charge in [-0.1, -0.05) is 6.92 Å². The summed E-state index contributed by atoms with van der Waals surface area (Å²) >= 11 is 0. The number of nitrogens with zero attached hydrogens (tertiary/aromatic N) is 1. The molecule has 2 unspecified atom stereocenters. The molecule has 2 aliphatic rings. The number of hydrogen-bond donors (Lipinski definition) is 1. The Bertz CT molecular complexity index is 641. The highest BCUT2D eigenvalue weighted by molar-refractivity contribution is 5.96. The molecule has 0 radical (unpaired) electrons. The molecule has 1 fully saturated rings. The van der Waals surface area contributed by atoms with E-state index < -0.39 is 11.9 Å². The minimum absolute atomic E-state index is 0.142. The highest BCUT2D eigenvalue weighted by atomic mass is 16.6. The van der Waals surface area contributed by atoms with Crippen molar-refractivity contribution in [1.29, 1.82) is 0 Å². The molecule has 1 aromatic rings. The maximum atomic E-state index is 12.8. The van der Waals surface area contributed by atoms with Crippen LogP contribution in [0.3, 0.4) is 0 Å². The lowest BCUT2D eigenvalue weighted by molar-refractivity contribution is -0.143. The molecular weight excluding hydrogens is 314 g/mol. The number of fused-ring (bicyclic) bond motifs is 1. The molecule has 7 nitrogen and oxygen atoms in total. The molecule has 7 heteroatoms. The highest BCUT2D eigenvalue weighted by Crippen LogP contribution is 2.40. The molecule has 0 saturated carbocycles. The van der Waals surface area contributed by atoms with Crippen LogP contribution in [-0.4, -0.2) is 55.3 Å². The van der Waals surface area contributed by atoms with Crippen molar-refractivity contribution in [2.75, 3.05) is 33.4 Å².